The van der Waals surface area contributed by atoms with Crippen molar-refractivity contribution in [3.8, 4) is 0 Å². The first kappa shape index (κ1) is 19.5. The summed E-state index contributed by atoms with van der Waals surface area (Å²) in [4.78, 5) is 12.7. The molecule has 1 aromatic carbocycles. The zero-order valence-electron chi connectivity index (χ0n) is 15.9. The molecule has 1 aliphatic heterocycles. The highest BCUT2D eigenvalue weighted by Crippen LogP contribution is 2.29. The van der Waals surface area contributed by atoms with Gasteiger partial charge in [0.2, 0.25) is 21.8 Å². The van der Waals surface area contributed by atoms with Crippen molar-refractivity contribution in [1.82, 2.24) is 14.5 Å². The Labute approximate surface area is 159 Å². The fourth-order valence-electron chi connectivity index (χ4n) is 3.62. The average molecular weight is 392 g/mol. The molecular formula is C18H24N4O4S. The van der Waals surface area contributed by atoms with Crippen LogP contribution in [0.1, 0.15) is 35.4 Å². The third kappa shape index (κ3) is 4.03. The number of nitrogens with one attached hydrogen (secondary N) is 1. The van der Waals surface area contributed by atoms with Crippen LogP contribution in [0.15, 0.2) is 21.4 Å². The van der Waals surface area contributed by atoms with E-state index >= 15 is 0 Å². The molecular weight excluding hydrogens is 368 g/mol. The van der Waals surface area contributed by atoms with Crippen molar-refractivity contribution in [3.63, 3.8) is 0 Å². The van der Waals surface area contributed by atoms with Crippen LogP contribution in [0.3, 0.4) is 0 Å². The first-order valence-electron chi connectivity index (χ1n) is 8.87. The molecule has 8 nitrogen and oxygen atoms in total. The van der Waals surface area contributed by atoms with Gasteiger partial charge in [0, 0.05) is 25.9 Å². The highest BCUT2D eigenvalue weighted by atomic mass is 32.2. The van der Waals surface area contributed by atoms with Gasteiger partial charge in [0.05, 0.1) is 4.90 Å². The molecule has 0 spiro atoms. The predicted molar refractivity (Wildman–Crippen MR) is 99.8 cm³/mol. The summed E-state index contributed by atoms with van der Waals surface area (Å²) >= 11 is 0. The average Bonchev–Trinajstić information content (AvgIpc) is 2.98. The summed E-state index contributed by atoms with van der Waals surface area (Å²) in [5.41, 5.74) is 2.54. The van der Waals surface area contributed by atoms with Crippen molar-refractivity contribution in [3.05, 3.63) is 34.7 Å². The summed E-state index contributed by atoms with van der Waals surface area (Å²) in [5, 5.41) is 10.0. The number of rotatable bonds is 4. The van der Waals surface area contributed by atoms with Gasteiger partial charge in [-0.15, -0.1) is 5.10 Å². The van der Waals surface area contributed by atoms with Crippen LogP contribution in [-0.4, -0.2) is 41.9 Å². The van der Waals surface area contributed by atoms with Crippen LogP contribution in [-0.2, 0) is 14.8 Å². The van der Waals surface area contributed by atoms with Crippen LogP contribution in [0.25, 0.3) is 0 Å². The summed E-state index contributed by atoms with van der Waals surface area (Å²) in [6.45, 7) is 7.83. The number of sulfonamides is 1. The number of amides is 1. The number of benzene rings is 1. The molecule has 0 bridgehead atoms. The standard InChI is InChI=1S/C18H24N4O4S/c1-11-9-12(2)16(13(3)10-11)27(24,25)22-7-5-15(6-8-22)17(23)19-18-21-20-14(4)26-18/h9-10,15H,5-8H2,1-4H3,(H,19,21,23). The van der Waals surface area contributed by atoms with Crippen LogP contribution in [0.5, 0.6) is 0 Å². The molecule has 1 aromatic heterocycles. The molecule has 2 heterocycles. The molecule has 1 fully saturated rings. The number of hydrogen-bond acceptors (Lipinski definition) is 6. The number of carbonyl (C=O) groups excluding carboxylic acids is 1. The van der Waals surface area contributed by atoms with Gasteiger partial charge in [0.1, 0.15) is 0 Å². The molecule has 0 saturated carbocycles. The van der Waals surface area contributed by atoms with E-state index in [4.69, 9.17) is 4.42 Å². The summed E-state index contributed by atoms with van der Waals surface area (Å²) < 4.78 is 32.8. The number of aryl methyl sites for hydroxylation is 4. The fourth-order valence-corrected chi connectivity index (χ4v) is 5.50. The lowest BCUT2D eigenvalue weighted by Gasteiger charge is -2.31. The molecule has 2 aromatic rings. The number of carbonyl (C=O) groups is 1. The molecule has 1 saturated heterocycles. The zero-order valence-corrected chi connectivity index (χ0v) is 16.8. The molecule has 0 aliphatic carbocycles. The first-order chi connectivity index (χ1) is 12.7. The van der Waals surface area contributed by atoms with Crippen molar-refractivity contribution < 1.29 is 17.6 Å². The third-order valence-electron chi connectivity index (χ3n) is 4.78. The van der Waals surface area contributed by atoms with Crippen molar-refractivity contribution in [2.24, 2.45) is 5.92 Å². The van der Waals surface area contributed by atoms with E-state index in [0.717, 1.165) is 16.7 Å². The molecule has 1 amide bonds. The van der Waals surface area contributed by atoms with E-state index in [-0.39, 0.29) is 17.8 Å². The van der Waals surface area contributed by atoms with Crippen LogP contribution >= 0.6 is 0 Å². The van der Waals surface area contributed by atoms with E-state index in [1.54, 1.807) is 6.92 Å². The summed E-state index contributed by atoms with van der Waals surface area (Å²) in [7, 11) is -3.58. The number of hydrogen-bond donors (Lipinski definition) is 1. The fraction of sp³-hybridized carbons (Fsp3) is 0.500. The maximum Gasteiger partial charge on any atom is 0.322 e. The summed E-state index contributed by atoms with van der Waals surface area (Å²) in [6.07, 6.45) is 0.893. The molecule has 0 radical (unpaired) electrons. The van der Waals surface area contributed by atoms with Gasteiger partial charge in [-0.2, -0.15) is 4.31 Å². The Morgan fingerprint density at radius 1 is 1.11 bits per heavy atom. The van der Waals surface area contributed by atoms with Crippen molar-refractivity contribution in [1.29, 1.82) is 0 Å². The molecule has 146 valence electrons. The topological polar surface area (TPSA) is 105 Å². The van der Waals surface area contributed by atoms with E-state index in [1.165, 1.54) is 4.31 Å². The van der Waals surface area contributed by atoms with Gasteiger partial charge in [0.15, 0.2) is 0 Å². The van der Waals surface area contributed by atoms with Gasteiger partial charge in [-0.05, 0) is 44.7 Å². The predicted octanol–water partition coefficient (Wildman–Crippen LogP) is 2.34. The van der Waals surface area contributed by atoms with Crippen LogP contribution in [0.4, 0.5) is 6.01 Å². The van der Waals surface area contributed by atoms with E-state index in [2.05, 4.69) is 15.5 Å². The molecule has 27 heavy (non-hydrogen) atoms. The maximum atomic E-state index is 13.1. The quantitative estimate of drug-likeness (QED) is 0.856. The highest BCUT2D eigenvalue weighted by Gasteiger charge is 2.34. The van der Waals surface area contributed by atoms with E-state index in [9.17, 15) is 13.2 Å². The molecule has 0 unspecified atom stereocenters. The minimum absolute atomic E-state index is 0.0680. The number of aromatic nitrogens is 2. The van der Waals surface area contributed by atoms with Crippen LogP contribution in [0.2, 0.25) is 0 Å². The molecule has 1 aliphatic rings. The Bertz CT molecular complexity index is 936. The van der Waals surface area contributed by atoms with Gasteiger partial charge >= 0.3 is 6.01 Å². The highest BCUT2D eigenvalue weighted by molar-refractivity contribution is 7.89. The van der Waals surface area contributed by atoms with Crippen molar-refractivity contribution in [2.45, 2.75) is 45.4 Å². The zero-order chi connectivity index (χ0) is 19.8. The Morgan fingerprint density at radius 2 is 1.70 bits per heavy atom. The number of anilines is 1. The van der Waals surface area contributed by atoms with Gasteiger partial charge < -0.3 is 4.42 Å². The number of nitrogens with zero attached hydrogens (tertiary/aromatic N) is 3. The Kier molecular flexibility index (Phi) is 5.34. The third-order valence-corrected chi connectivity index (χ3v) is 6.99. The Morgan fingerprint density at radius 3 is 2.22 bits per heavy atom. The van der Waals surface area contributed by atoms with Crippen LogP contribution in [0, 0.1) is 33.6 Å². The second-order valence-electron chi connectivity index (χ2n) is 7.02. The lowest BCUT2D eigenvalue weighted by atomic mass is 9.97. The van der Waals surface area contributed by atoms with Gasteiger partial charge in [-0.1, -0.05) is 22.8 Å². The number of piperidine rings is 1. The summed E-state index contributed by atoms with van der Waals surface area (Å²) in [6, 6.07) is 3.83. The molecule has 0 atom stereocenters. The largest absolute Gasteiger partial charge is 0.408 e. The molecule has 3 rings (SSSR count). The van der Waals surface area contributed by atoms with Gasteiger partial charge in [-0.25, -0.2) is 8.42 Å². The Balaban J connectivity index is 1.69. The van der Waals surface area contributed by atoms with E-state index < -0.39 is 10.0 Å². The van der Waals surface area contributed by atoms with E-state index in [1.807, 2.05) is 32.9 Å². The first-order valence-corrected chi connectivity index (χ1v) is 10.3. The minimum Gasteiger partial charge on any atom is -0.408 e. The minimum atomic E-state index is -3.58. The SMILES string of the molecule is Cc1cc(C)c(S(=O)(=O)N2CCC(C(=O)Nc3nnc(C)o3)CC2)c(C)c1. The summed E-state index contributed by atoms with van der Waals surface area (Å²) in [5.74, 6) is -0.141. The normalized spacial score (nSPS) is 16.4. The van der Waals surface area contributed by atoms with Crippen molar-refractivity contribution in [2.75, 3.05) is 18.4 Å². The second kappa shape index (κ2) is 7.40. The van der Waals surface area contributed by atoms with Gasteiger partial charge in [-0.3, -0.25) is 10.1 Å². The lowest BCUT2D eigenvalue weighted by Crippen LogP contribution is -2.41. The molecule has 1 N–H and O–H groups in total. The van der Waals surface area contributed by atoms with E-state index in [0.29, 0.717) is 36.7 Å². The Hall–Kier alpha value is -2.26. The second-order valence-corrected chi connectivity index (χ2v) is 8.90. The van der Waals surface area contributed by atoms with Crippen molar-refractivity contribution >= 4 is 21.9 Å². The molecule has 9 heteroatoms. The van der Waals surface area contributed by atoms with Crippen LogP contribution < -0.4 is 5.32 Å². The lowest BCUT2D eigenvalue weighted by molar-refractivity contribution is -0.121. The smallest absolute Gasteiger partial charge is 0.322 e. The monoisotopic (exact) mass is 392 g/mol. The maximum absolute atomic E-state index is 13.1. The van der Waals surface area contributed by atoms with Gasteiger partial charge in [0.25, 0.3) is 0 Å².